The van der Waals surface area contributed by atoms with E-state index in [0.717, 1.165) is 27.5 Å². The van der Waals surface area contributed by atoms with Gasteiger partial charge in [-0.05, 0) is 48.4 Å². The van der Waals surface area contributed by atoms with Gasteiger partial charge in [-0.1, -0.05) is 30.7 Å². The maximum Gasteiger partial charge on any atom is 0.224 e. The Bertz CT molecular complexity index is 623. The molecule has 0 fully saturated rings. The molecule has 2 rings (SSSR count). The summed E-state index contributed by atoms with van der Waals surface area (Å²) in [5, 5.41) is 6.94. The quantitative estimate of drug-likeness (QED) is 0.847. The van der Waals surface area contributed by atoms with Gasteiger partial charge in [0.2, 0.25) is 5.91 Å². The number of aryl methyl sites for hydroxylation is 1. The first-order valence-electron chi connectivity index (χ1n) is 6.97. The zero-order chi connectivity index (χ0) is 15.2. The zero-order valence-corrected chi connectivity index (χ0v) is 13.0. The molecular formula is C17H19ClN2O. The van der Waals surface area contributed by atoms with Crippen LogP contribution < -0.4 is 10.6 Å². The Kier molecular flexibility index (Phi) is 5.23. The average molecular weight is 303 g/mol. The molecule has 0 saturated heterocycles. The molecule has 2 N–H and O–H groups in total. The molecule has 0 bridgehead atoms. The van der Waals surface area contributed by atoms with E-state index in [2.05, 4.69) is 16.7 Å². The summed E-state index contributed by atoms with van der Waals surface area (Å²) >= 11 is 6.11. The number of hydrogen-bond acceptors (Lipinski definition) is 2. The minimum absolute atomic E-state index is 0.0185. The third-order valence-electron chi connectivity index (χ3n) is 3.22. The van der Waals surface area contributed by atoms with E-state index in [1.807, 2.05) is 50.2 Å². The molecule has 2 aromatic carbocycles. The highest BCUT2D eigenvalue weighted by atomic mass is 35.5. The molecule has 0 saturated carbocycles. The van der Waals surface area contributed by atoms with E-state index in [0.29, 0.717) is 13.0 Å². The predicted molar refractivity (Wildman–Crippen MR) is 88.9 cm³/mol. The summed E-state index contributed by atoms with van der Waals surface area (Å²) in [7, 11) is 0. The number of hydrogen-bond donors (Lipinski definition) is 2. The molecule has 2 aromatic rings. The lowest BCUT2D eigenvalue weighted by atomic mass is 10.1. The van der Waals surface area contributed by atoms with Crippen LogP contribution >= 0.6 is 11.6 Å². The fraction of sp³-hybridized carbons (Fsp3) is 0.235. The Hall–Kier alpha value is -2.00. The number of nitrogens with one attached hydrogen (secondary N) is 2. The van der Waals surface area contributed by atoms with Gasteiger partial charge in [0.05, 0.1) is 0 Å². The van der Waals surface area contributed by atoms with Crippen LogP contribution in [0.1, 0.15) is 24.5 Å². The van der Waals surface area contributed by atoms with Gasteiger partial charge in [-0.2, -0.15) is 0 Å². The van der Waals surface area contributed by atoms with E-state index in [4.69, 9.17) is 11.6 Å². The second-order valence-electron chi connectivity index (χ2n) is 4.92. The topological polar surface area (TPSA) is 41.1 Å². The second kappa shape index (κ2) is 7.14. The Morgan fingerprint density at radius 3 is 2.38 bits per heavy atom. The molecule has 1 amide bonds. The third kappa shape index (κ3) is 4.50. The number of amides is 1. The number of carbonyl (C=O) groups excluding carboxylic acids is 1. The van der Waals surface area contributed by atoms with Crippen molar-refractivity contribution in [3.63, 3.8) is 0 Å². The molecule has 0 aliphatic rings. The smallest absolute Gasteiger partial charge is 0.224 e. The Morgan fingerprint density at radius 1 is 1.10 bits per heavy atom. The summed E-state index contributed by atoms with van der Waals surface area (Å²) in [5.41, 5.74) is 4.03. The van der Waals surface area contributed by atoms with Crippen LogP contribution in [-0.2, 0) is 11.3 Å². The van der Waals surface area contributed by atoms with Crippen LogP contribution in [0.15, 0.2) is 42.5 Å². The molecule has 0 atom stereocenters. The van der Waals surface area contributed by atoms with Gasteiger partial charge in [-0.3, -0.25) is 4.79 Å². The lowest BCUT2D eigenvalue weighted by molar-refractivity contribution is -0.115. The van der Waals surface area contributed by atoms with Crippen molar-refractivity contribution in [1.82, 2.24) is 0 Å². The van der Waals surface area contributed by atoms with E-state index in [9.17, 15) is 4.79 Å². The first-order chi connectivity index (χ1) is 10.1. The molecule has 0 aromatic heterocycles. The van der Waals surface area contributed by atoms with Crippen molar-refractivity contribution in [3.8, 4) is 0 Å². The van der Waals surface area contributed by atoms with Crippen LogP contribution in [0.3, 0.4) is 0 Å². The largest absolute Gasteiger partial charge is 0.381 e. The molecule has 0 spiro atoms. The summed E-state index contributed by atoms with van der Waals surface area (Å²) in [6, 6.07) is 13.7. The molecule has 4 heteroatoms. The number of benzene rings is 2. The molecule has 0 aliphatic heterocycles. The van der Waals surface area contributed by atoms with E-state index in [1.165, 1.54) is 0 Å². The molecular weight excluding hydrogens is 284 g/mol. The minimum Gasteiger partial charge on any atom is -0.381 e. The van der Waals surface area contributed by atoms with E-state index >= 15 is 0 Å². The van der Waals surface area contributed by atoms with Gasteiger partial charge in [0, 0.05) is 29.4 Å². The summed E-state index contributed by atoms with van der Waals surface area (Å²) < 4.78 is 0. The third-order valence-corrected chi connectivity index (χ3v) is 3.63. The maximum atomic E-state index is 11.3. The monoisotopic (exact) mass is 302 g/mol. The fourth-order valence-corrected chi connectivity index (χ4v) is 2.07. The van der Waals surface area contributed by atoms with Crippen LogP contribution in [0.5, 0.6) is 0 Å². The Balaban J connectivity index is 1.94. The summed E-state index contributed by atoms with van der Waals surface area (Å²) in [6.07, 6.45) is 0.480. The van der Waals surface area contributed by atoms with Crippen molar-refractivity contribution in [2.45, 2.75) is 26.8 Å². The van der Waals surface area contributed by atoms with Crippen molar-refractivity contribution in [2.75, 3.05) is 10.6 Å². The van der Waals surface area contributed by atoms with Gasteiger partial charge >= 0.3 is 0 Å². The molecule has 0 radical (unpaired) electrons. The highest BCUT2D eigenvalue weighted by molar-refractivity contribution is 6.31. The van der Waals surface area contributed by atoms with Crippen molar-refractivity contribution in [2.24, 2.45) is 0 Å². The van der Waals surface area contributed by atoms with Crippen LogP contribution in [0, 0.1) is 6.92 Å². The van der Waals surface area contributed by atoms with Gasteiger partial charge in [-0.25, -0.2) is 0 Å². The first-order valence-corrected chi connectivity index (χ1v) is 7.35. The number of halogens is 1. The molecule has 0 unspecified atom stereocenters. The normalized spacial score (nSPS) is 10.2. The standard InChI is InChI=1S/C17H19ClN2O/c1-3-17(21)20-15-8-6-14(7-9-15)19-11-13-5-4-12(2)16(18)10-13/h4-10,19H,3,11H2,1-2H3,(H,20,21). The predicted octanol–water partition coefficient (Wildman–Crippen LogP) is 4.61. The number of anilines is 2. The van der Waals surface area contributed by atoms with Crippen molar-refractivity contribution in [3.05, 3.63) is 58.6 Å². The number of rotatable bonds is 5. The van der Waals surface area contributed by atoms with Gasteiger partial charge in [-0.15, -0.1) is 0 Å². The SMILES string of the molecule is CCC(=O)Nc1ccc(NCc2ccc(C)c(Cl)c2)cc1. The van der Waals surface area contributed by atoms with Crippen LogP contribution in [-0.4, -0.2) is 5.91 Å². The molecule has 21 heavy (non-hydrogen) atoms. The summed E-state index contributed by atoms with van der Waals surface area (Å²) in [5.74, 6) is 0.0185. The highest BCUT2D eigenvalue weighted by Gasteiger charge is 2.00. The number of carbonyl (C=O) groups is 1. The lowest BCUT2D eigenvalue weighted by Crippen LogP contribution is -2.09. The fourth-order valence-electron chi connectivity index (χ4n) is 1.87. The highest BCUT2D eigenvalue weighted by Crippen LogP contribution is 2.18. The van der Waals surface area contributed by atoms with Gasteiger partial charge in [0.25, 0.3) is 0 Å². The Morgan fingerprint density at radius 2 is 1.76 bits per heavy atom. The minimum atomic E-state index is 0.0185. The molecule has 110 valence electrons. The summed E-state index contributed by atoms with van der Waals surface area (Å²) in [4.78, 5) is 11.3. The van der Waals surface area contributed by atoms with Gasteiger partial charge in [0.1, 0.15) is 0 Å². The molecule has 0 heterocycles. The van der Waals surface area contributed by atoms with Crippen LogP contribution in [0.25, 0.3) is 0 Å². The van der Waals surface area contributed by atoms with E-state index in [1.54, 1.807) is 0 Å². The second-order valence-corrected chi connectivity index (χ2v) is 5.32. The van der Waals surface area contributed by atoms with Crippen LogP contribution in [0.4, 0.5) is 11.4 Å². The Labute approximate surface area is 130 Å². The van der Waals surface area contributed by atoms with Gasteiger partial charge in [0.15, 0.2) is 0 Å². The molecule has 0 aliphatic carbocycles. The maximum absolute atomic E-state index is 11.3. The summed E-state index contributed by atoms with van der Waals surface area (Å²) in [6.45, 7) is 4.53. The van der Waals surface area contributed by atoms with Crippen molar-refractivity contribution in [1.29, 1.82) is 0 Å². The zero-order valence-electron chi connectivity index (χ0n) is 12.2. The lowest BCUT2D eigenvalue weighted by Gasteiger charge is -2.09. The van der Waals surface area contributed by atoms with Crippen LogP contribution in [0.2, 0.25) is 5.02 Å². The van der Waals surface area contributed by atoms with Crippen molar-refractivity contribution < 1.29 is 4.79 Å². The van der Waals surface area contributed by atoms with Gasteiger partial charge < -0.3 is 10.6 Å². The average Bonchev–Trinajstić information content (AvgIpc) is 2.50. The van der Waals surface area contributed by atoms with Crippen molar-refractivity contribution >= 4 is 28.9 Å². The molecule has 3 nitrogen and oxygen atoms in total. The van der Waals surface area contributed by atoms with E-state index < -0.39 is 0 Å². The van der Waals surface area contributed by atoms with E-state index in [-0.39, 0.29) is 5.91 Å². The first kappa shape index (κ1) is 15.4.